The van der Waals surface area contributed by atoms with Gasteiger partial charge in [-0.3, -0.25) is 4.79 Å². The van der Waals surface area contributed by atoms with Crippen molar-refractivity contribution in [2.75, 3.05) is 13.2 Å². The number of aryl methyl sites for hydroxylation is 1. The predicted octanol–water partition coefficient (Wildman–Crippen LogP) is 5.38. The van der Waals surface area contributed by atoms with Crippen LogP contribution in [0.1, 0.15) is 51.7 Å². The van der Waals surface area contributed by atoms with Gasteiger partial charge in [0.05, 0.1) is 18.8 Å². The molecule has 1 aliphatic carbocycles. The topological polar surface area (TPSA) is 72.8 Å². The van der Waals surface area contributed by atoms with Crippen molar-refractivity contribution in [1.29, 1.82) is 0 Å². The summed E-state index contributed by atoms with van der Waals surface area (Å²) >= 11 is 0. The molecule has 5 heteroatoms. The maximum absolute atomic E-state index is 12.5. The zero-order chi connectivity index (χ0) is 25.1. The van der Waals surface area contributed by atoms with Gasteiger partial charge in [-0.15, -0.1) is 0 Å². The summed E-state index contributed by atoms with van der Waals surface area (Å²) in [6.07, 6.45) is 13.6. The maximum Gasteiger partial charge on any atom is 0.332 e. The number of rotatable bonds is 12. The van der Waals surface area contributed by atoms with Crippen LogP contribution in [-0.4, -0.2) is 42.3 Å². The normalized spacial score (nSPS) is 18.6. The second-order valence-corrected chi connectivity index (χ2v) is 9.58. The Labute approximate surface area is 203 Å². The smallest absolute Gasteiger partial charge is 0.332 e. The van der Waals surface area contributed by atoms with Gasteiger partial charge in [0.25, 0.3) is 0 Å². The highest BCUT2D eigenvalue weighted by molar-refractivity contribution is 6.07. The Morgan fingerprint density at radius 3 is 2.68 bits per heavy atom. The fourth-order valence-corrected chi connectivity index (χ4v) is 3.70. The summed E-state index contributed by atoms with van der Waals surface area (Å²) < 4.78 is 10.3. The second-order valence-electron chi connectivity index (χ2n) is 9.58. The van der Waals surface area contributed by atoms with Gasteiger partial charge in [0.2, 0.25) is 0 Å². The Bertz CT molecular complexity index is 949. The van der Waals surface area contributed by atoms with Gasteiger partial charge in [-0.25, -0.2) is 4.79 Å². The van der Waals surface area contributed by atoms with Crippen molar-refractivity contribution < 1.29 is 24.2 Å². The average Bonchev–Trinajstić information content (AvgIpc) is 3.09. The highest BCUT2D eigenvalue weighted by Gasteiger charge is 2.30. The van der Waals surface area contributed by atoms with E-state index in [2.05, 4.69) is 19.1 Å². The Kier molecular flexibility index (Phi) is 10.7. The molecule has 0 saturated heterocycles. The number of hydrogen-bond donors (Lipinski definition) is 1. The van der Waals surface area contributed by atoms with Gasteiger partial charge in [-0.1, -0.05) is 80.1 Å². The van der Waals surface area contributed by atoms with Gasteiger partial charge >= 0.3 is 5.97 Å². The zero-order valence-corrected chi connectivity index (χ0v) is 21.0. The number of hydrogen-bond acceptors (Lipinski definition) is 5. The van der Waals surface area contributed by atoms with E-state index in [1.807, 2.05) is 62.4 Å². The minimum atomic E-state index is -0.621. The highest BCUT2D eigenvalue weighted by Crippen LogP contribution is 2.33. The Balaban J connectivity index is 1.89. The Morgan fingerprint density at radius 2 is 1.97 bits per heavy atom. The number of esters is 1. The van der Waals surface area contributed by atoms with Crippen LogP contribution in [0.15, 0.2) is 66.3 Å². The fourth-order valence-electron chi connectivity index (χ4n) is 3.70. The van der Waals surface area contributed by atoms with Crippen LogP contribution in [0.25, 0.3) is 6.08 Å². The van der Waals surface area contributed by atoms with Crippen LogP contribution in [0.2, 0.25) is 0 Å². The molecular weight excluding hydrogens is 428 g/mol. The zero-order valence-electron chi connectivity index (χ0n) is 21.0. The quantitative estimate of drug-likeness (QED) is 0.194. The third-order valence-electron chi connectivity index (χ3n) is 5.62. The molecule has 0 heterocycles. The van der Waals surface area contributed by atoms with E-state index in [-0.39, 0.29) is 30.4 Å². The highest BCUT2D eigenvalue weighted by atomic mass is 16.6. The lowest BCUT2D eigenvalue weighted by Gasteiger charge is -2.28. The first-order valence-electron chi connectivity index (χ1n) is 11.9. The average molecular weight is 467 g/mol. The number of ether oxygens (including phenoxy) is 2. The number of aliphatic hydroxyl groups excluding tert-OH is 1. The fraction of sp³-hybridized carbons (Fsp3) is 0.448. The molecule has 2 rings (SSSR count). The van der Waals surface area contributed by atoms with E-state index in [0.717, 1.165) is 5.56 Å². The molecule has 0 saturated carbocycles. The van der Waals surface area contributed by atoms with E-state index in [1.165, 1.54) is 5.56 Å². The summed E-state index contributed by atoms with van der Waals surface area (Å²) in [4.78, 5) is 23.9. The van der Waals surface area contributed by atoms with Gasteiger partial charge in [-0.2, -0.15) is 0 Å². The molecule has 1 N–H and O–H groups in total. The monoisotopic (exact) mass is 466 g/mol. The molecule has 1 aliphatic rings. The first-order valence-corrected chi connectivity index (χ1v) is 11.9. The van der Waals surface area contributed by atoms with Crippen LogP contribution >= 0.6 is 0 Å². The number of carbonyl (C=O) groups is 2. The van der Waals surface area contributed by atoms with Gasteiger partial charge in [0.1, 0.15) is 6.61 Å². The number of ketones is 1. The van der Waals surface area contributed by atoms with Crippen molar-refractivity contribution in [1.82, 2.24) is 0 Å². The van der Waals surface area contributed by atoms with E-state index in [0.29, 0.717) is 25.0 Å². The van der Waals surface area contributed by atoms with Crippen molar-refractivity contribution >= 4 is 17.8 Å². The minimum Gasteiger partial charge on any atom is -0.461 e. The Morgan fingerprint density at radius 1 is 1.21 bits per heavy atom. The molecule has 1 aromatic carbocycles. The number of allylic oxidation sites excluding steroid dienone is 4. The summed E-state index contributed by atoms with van der Waals surface area (Å²) in [6, 6.07) is 8.20. The van der Waals surface area contributed by atoms with Crippen LogP contribution in [-0.2, 0) is 19.1 Å². The van der Waals surface area contributed by atoms with Crippen LogP contribution in [0.3, 0.4) is 0 Å². The predicted molar refractivity (Wildman–Crippen MR) is 136 cm³/mol. The molecule has 0 aromatic heterocycles. The molecule has 2 unspecified atom stereocenters. The molecular formula is C29H38O5. The van der Waals surface area contributed by atoms with E-state index in [1.54, 1.807) is 19.9 Å². The Hall–Kier alpha value is -2.76. The lowest BCUT2D eigenvalue weighted by molar-refractivity contribution is -0.152. The van der Waals surface area contributed by atoms with Crippen LogP contribution in [0.5, 0.6) is 0 Å². The third-order valence-corrected chi connectivity index (χ3v) is 5.62. The summed E-state index contributed by atoms with van der Waals surface area (Å²) in [5, 5.41) is 10.8. The lowest BCUT2D eigenvalue weighted by Crippen LogP contribution is -2.28. The summed E-state index contributed by atoms with van der Waals surface area (Å²) in [6.45, 7) is 9.76. The molecule has 34 heavy (non-hydrogen) atoms. The molecule has 0 spiro atoms. The summed E-state index contributed by atoms with van der Waals surface area (Å²) in [5.74, 6) is -0.432. The molecule has 5 nitrogen and oxygen atoms in total. The van der Waals surface area contributed by atoms with Crippen molar-refractivity contribution in [2.24, 2.45) is 11.3 Å². The van der Waals surface area contributed by atoms with Crippen LogP contribution < -0.4 is 0 Å². The number of carbonyl (C=O) groups excluding carboxylic acids is 2. The SMILES string of the molecule is Cc1cccc(/C=C\CC(O)C(C)(C)/C=C2/C(=O)C=CC2C/C=C\COCC(=O)OC(C)C)c1. The van der Waals surface area contributed by atoms with Crippen molar-refractivity contribution in [2.45, 2.75) is 59.7 Å². The first kappa shape index (κ1) is 27.5. The molecule has 0 bridgehead atoms. The van der Waals surface area contributed by atoms with E-state index < -0.39 is 11.5 Å². The molecule has 0 radical (unpaired) electrons. The van der Waals surface area contributed by atoms with Gasteiger partial charge in [-0.05, 0) is 45.3 Å². The minimum absolute atomic E-state index is 0.0124. The number of benzene rings is 1. The molecule has 0 aliphatic heterocycles. The third kappa shape index (κ3) is 9.24. The van der Waals surface area contributed by atoms with Crippen LogP contribution in [0, 0.1) is 18.3 Å². The van der Waals surface area contributed by atoms with Crippen molar-refractivity contribution in [3.05, 3.63) is 77.4 Å². The van der Waals surface area contributed by atoms with Gasteiger partial charge in [0, 0.05) is 16.9 Å². The summed E-state index contributed by atoms with van der Waals surface area (Å²) in [7, 11) is 0. The molecule has 184 valence electrons. The van der Waals surface area contributed by atoms with Crippen molar-refractivity contribution in [3.8, 4) is 0 Å². The van der Waals surface area contributed by atoms with E-state index in [9.17, 15) is 14.7 Å². The second kappa shape index (κ2) is 13.2. The van der Waals surface area contributed by atoms with Crippen molar-refractivity contribution in [3.63, 3.8) is 0 Å². The lowest BCUT2D eigenvalue weighted by atomic mass is 9.80. The maximum atomic E-state index is 12.5. The molecule has 0 fully saturated rings. The van der Waals surface area contributed by atoms with Gasteiger partial charge in [0.15, 0.2) is 5.78 Å². The molecule has 0 amide bonds. The largest absolute Gasteiger partial charge is 0.461 e. The van der Waals surface area contributed by atoms with Gasteiger partial charge < -0.3 is 14.6 Å². The standard InChI is InChI=1S/C29H38O5/c1-21(2)34-28(32)20-33-17-7-6-13-24-15-16-26(30)25(24)19-29(4,5)27(31)14-9-12-23-11-8-10-22(3)18-23/h6-12,15-16,18-19,21,24,27,31H,13-14,17,20H2,1-5H3/b7-6-,12-9-,25-19+. The number of aliphatic hydroxyl groups is 1. The summed E-state index contributed by atoms with van der Waals surface area (Å²) in [5.41, 5.74) is 2.44. The van der Waals surface area contributed by atoms with E-state index >= 15 is 0 Å². The molecule has 2 atom stereocenters. The molecule has 1 aromatic rings. The first-order chi connectivity index (χ1) is 16.1. The van der Waals surface area contributed by atoms with E-state index in [4.69, 9.17) is 9.47 Å². The van der Waals surface area contributed by atoms with Crippen LogP contribution in [0.4, 0.5) is 0 Å².